The fourth-order valence-corrected chi connectivity index (χ4v) is 3.28. The van der Waals surface area contributed by atoms with Crippen molar-refractivity contribution >= 4 is 45.1 Å². The van der Waals surface area contributed by atoms with Crippen LogP contribution in [0.25, 0.3) is 5.78 Å². The van der Waals surface area contributed by atoms with Crippen molar-refractivity contribution in [3.05, 3.63) is 45.2 Å². The maximum atomic E-state index is 12.5. The van der Waals surface area contributed by atoms with Crippen molar-refractivity contribution in [3.8, 4) is 0 Å². The topological polar surface area (TPSA) is 72.2 Å². The van der Waals surface area contributed by atoms with E-state index in [1.807, 2.05) is 45.2 Å². The van der Waals surface area contributed by atoms with E-state index in [0.29, 0.717) is 10.9 Å². The molecule has 1 amide bonds. The van der Waals surface area contributed by atoms with E-state index in [-0.39, 0.29) is 12.3 Å². The molecule has 1 N–H and O–H groups in total. The van der Waals surface area contributed by atoms with E-state index in [4.69, 9.17) is 0 Å². The summed E-state index contributed by atoms with van der Waals surface area (Å²) in [5.74, 6) is 0.472. The quantitative estimate of drug-likeness (QED) is 0.652. The van der Waals surface area contributed by atoms with Crippen LogP contribution in [0.15, 0.2) is 27.8 Å². The normalized spacial score (nSPS) is 11.1. The number of fused-ring (bicyclic) bond motifs is 1. The minimum absolute atomic E-state index is 0.0895. The third-order valence-corrected chi connectivity index (χ3v) is 5.40. The molecule has 0 aliphatic heterocycles. The minimum Gasteiger partial charge on any atom is -0.326 e. The molecule has 0 saturated carbocycles. The average molecular weight is 420 g/mol. The van der Waals surface area contributed by atoms with Gasteiger partial charge in [0, 0.05) is 27.1 Å². The molecular weight excluding hydrogens is 402 g/mol. The third-order valence-electron chi connectivity index (χ3n) is 4.01. The fourth-order valence-electron chi connectivity index (χ4n) is 2.57. The molecule has 2 aromatic heterocycles. The lowest BCUT2D eigenvalue weighted by atomic mass is 10.1. The Balaban J connectivity index is 1.86. The number of hydrogen-bond acceptors (Lipinski definition) is 5. The molecule has 0 aliphatic rings. The molecule has 3 aromatic rings. The van der Waals surface area contributed by atoms with Crippen LogP contribution < -0.4 is 5.32 Å². The highest BCUT2D eigenvalue weighted by molar-refractivity contribution is 9.10. The SMILES string of the molecule is CSc1nc2nc(C)c(CC(=O)Nc3ccc(C)c(Br)c3)c(C)n2n1. The summed E-state index contributed by atoms with van der Waals surface area (Å²) in [7, 11) is 0. The van der Waals surface area contributed by atoms with Gasteiger partial charge in [0.25, 0.3) is 5.78 Å². The lowest BCUT2D eigenvalue weighted by Gasteiger charge is -2.11. The first-order chi connectivity index (χ1) is 11.9. The standard InChI is InChI=1S/C17H18BrN5OS/c1-9-5-6-12(7-14(9)18)20-15(24)8-13-10(2)19-16-21-17(25-4)22-23(16)11(13)3/h5-7H,8H2,1-4H3,(H,20,24). The Morgan fingerprint density at radius 3 is 2.72 bits per heavy atom. The highest BCUT2D eigenvalue weighted by Gasteiger charge is 2.16. The minimum atomic E-state index is -0.0895. The van der Waals surface area contributed by atoms with Crippen LogP contribution in [0.5, 0.6) is 0 Å². The van der Waals surface area contributed by atoms with E-state index in [0.717, 1.165) is 32.7 Å². The first kappa shape index (κ1) is 17.9. The van der Waals surface area contributed by atoms with Crippen molar-refractivity contribution in [2.75, 3.05) is 11.6 Å². The number of rotatable bonds is 4. The van der Waals surface area contributed by atoms with Gasteiger partial charge in [0.05, 0.1) is 6.42 Å². The number of benzene rings is 1. The van der Waals surface area contributed by atoms with Gasteiger partial charge in [-0.15, -0.1) is 5.10 Å². The van der Waals surface area contributed by atoms with Crippen LogP contribution in [-0.2, 0) is 11.2 Å². The van der Waals surface area contributed by atoms with E-state index in [1.54, 1.807) is 4.52 Å². The number of aryl methyl sites for hydroxylation is 3. The summed E-state index contributed by atoms with van der Waals surface area (Å²) >= 11 is 4.95. The summed E-state index contributed by atoms with van der Waals surface area (Å²) in [6, 6.07) is 5.75. The van der Waals surface area contributed by atoms with Crippen LogP contribution in [0.4, 0.5) is 5.69 Å². The maximum Gasteiger partial charge on any atom is 0.253 e. The number of amides is 1. The zero-order valence-electron chi connectivity index (χ0n) is 14.4. The summed E-state index contributed by atoms with van der Waals surface area (Å²) in [6.07, 6.45) is 2.16. The number of hydrogen-bond donors (Lipinski definition) is 1. The van der Waals surface area contributed by atoms with E-state index < -0.39 is 0 Å². The number of carbonyl (C=O) groups is 1. The van der Waals surface area contributed by atoms with Gasteiger partial charge in [-0.3, -0.25) is 4.79 Å². The first-order valence-electron chi connectivity index (χ1n) is 7.72. The second-order valence-corrected chi connectivity index (χ2v) is 7.39. The molecule has 8 heteroatoms. The van der Waals surface area contributed by atoms with Gasteiger partial charge in [-0.2, -0.15) is 4.98 Å². The van der Waals surface area contributed by atoms with E-state index >= 15 is 0 Å². The van der Waals surface area contributed by atoms with Crippen molar-refractivity contribution in [1.82, 2.24) is 19.6 Å². The monoisotopic (exact) mass is 419 g/mol. The lowest BCUT2D eigenvalue weighted by Crippen LogP contribution is -2.17. The highest BCUT2D eigenvalue weighted by atomic mass is 79.9. The second-order valence-electron chi connectivity index (χ2n) is 5.76. The Kier molecular flexibility index (Phi) is 5.10. The van der Waals surface area contributed by atoms with Gasteiger partial charge >= 0.3 is 0 Å². The zero-order valence-corrected chi connectivity index (χ0v) is 16.8. The van der Waals surface area contributed by atoms with Crippen LogP contribution in [0.1, 0.15) is 22.5 Å². The number of nitrogens with zero attached hydrogens (tertiary/aromatic N) is 4. The summed E-state index contributed by atoms with van der Waals surface area (Å²) in [6.45, 7) is 5.83. The van der Waals surface area contributed by atoms with Gasteiger partial charge in [-0.1, -0.05) is 33.8 Å². The van der Waals surface area contributed by atoms with Gasteiger partial charge in [0.15, 0.2) is 0 Å². The van der Waals surface area contributed by atoms with Crippen LogP contribution in [-0.4, -0.2) is 31.7 Å². The van der Waals surface area contributed by atoms with Crippen LogP contribution in [0.2, 0.25) is 0 Å². The number of halogens is 1. The van der Waals surface area contributed by atoms with Crippen molar-refractivity contribution < 1.29 is 4.79 Å². The Bertz CT molecular complexity index is 969. The third kappa shape index (κ3) is 3.69. The van der Waals surface area contributed by atoms with Crippen LogP contribution >= 0.6 is 27.7 Å². The first-order valence-corrected chi connectivity index (χ1v) is 9.73. The molecule has 6 nitrogen and oxygen atoms in total. The molecule has 0 radical (unpaired) electrons. The van der Waals surface area contributed by atoms with Gasteiger partial charge in [0.1, 0.15) is 0 Å². The predicted molar refractivity (Wildman–Crippen MR) is 103 cm³/mol. The number of thioether (sulfide) groups is 1. The number of aromatic nitrogens is 4. The van der Waals surface area contributed by atoms with E-state index in [9.17, 15) is 4.79 Å². The Labute approximate surface area is 158 Å². The molecule has 2 heterocycles. The molecule has 1 aromatic carbocycles. The molecule has 3 rings (SSSR count). The van der Waals surface area contributed by atoms with E-state index in [2.05, 4.69) is 36.3 Å². The highest BCUT2D eigenvalue weighted by Crippen LogP contribution is 2.21. The fraction of sp³-hybridized carbons (Fsp3) is 0.294. The van der Waals surface area contributed by atoms with Gasteiger partial charge in [0.2, 0.25) is 11.1 Å². The van der Waals surface area contributed by atoms with Crippen LogP contribution in [0.3, 0.4) is 0 Å². The molecule has 0 fully saturated rings. The van der Waals surface area contributed by atoms with Crippen molar-refractivity contribution in [1.29, 1.82) is 0 Å². The molecule has 0 saturated heterocycles. The number of nitrogens with one attached hydrogen (secondary N) is 1. The smallest absolute Gasteiger partial charge is 0.253 e. The predicted octanol–water partition coefficient (Wildman–Crippen LogP) is 3.72. The molecule has 25 heavy (non-hydrogen) atoms. The Morgan fingerprint density at radius 2 is 2.04 bits per heavy atom. The molecule has 0 spiro atoms. The maximum absolute atomic E-state index is 12.5. The Hall–Kier alpha value is -1.93. The summed E-state index contributed by atoms with van der Waals surface area (Å²) in [5, 5.41) is 8.01. The van der Waals surface area contributed by atoms with Crippen molar-refractivity contribution in [2.45, 2.75) is 32.3 Å². The number of carbonyl (C=O) groups excluding carboxylic acids is 1. The molecule has 0 atom stereocenters. The summed E-state index contributed by atoms with van der Waals surface area (Å²) in [4.78, 5) is 21.3. The average Bonchev–Trinajstić information content (AvgIpc) is 2.98. The molecule has 0 aliphatic carbocycles. The molecule has 0 unspecified atom stereocenters. The second kappa shape index (κ2) is 7.13. The lowest BCUT2D eigenvalue weighted by molar-refractivity contribution is -0.115. The number of anilines is 1. The Morgan fingerprint density at radius 1 is 1.28 bits per heavy atom. The van der Waals surface area contributed by atoms with Crippen molar-refractivity contribution in [2.24, 2.45) is 0 Å². The molecular formula is C17H18BrN5OS. The van der Waals surface area contributed by atoms with Crippen LogP contribution in [0, 0.1) is 20.8 Å². The van der Waals surface area contributed by atoms with E-state index in [1.165, 1.54) is 11.8 Å². The van der Waals surface area contributed by atoms with Crippen molar-refractivity contribution in [3.63, 3.8) is 0 Å². The van der Waals surface area contributed by atoms with Gasteiger partial charge in [-0.05, 0) is 44.7 Å². The molecule has 0 bridgehead atoms. The zero-order chi connectivity index (χ0) is 18.1. The largest absolute Gasteiger partial charge is 0.326 e. The molecule has 130 valence electrons. The summed E-state index contributed by atoms with van der Waals surface area (Å²) in [5.41, 5.74) is 4.43. The van der Waals surface area contributed by atoms with Gasteiger partial charge < -0.3 is 5.32 Å². The summed E-state index contributed by atoms with van der Waals surface area (Å²) < 4.78 is 2.66. The van der Waals surface area contributed by atoms with Gasteiger partial charge in [-0.25, -0.2) is 9.50 Å².